The maximum absolute atomic E-state index is 12.7. The summed E-state index contributed by atoms with van der Waals surface area (Å²) in [5.74, 6) is -1.03. The Morgan fingerprint density at radius 2 is 0.714 bits per heavy atom. The third kappa shape index (κ3) is 41.7. The fraction of sp³-hybridized carbons (Fsp3) is 0.660. The van der Waals surface area contributed by atoms with Gasteiger partial charge in [0.1, 0.15) is 13.2 Å². The van der Waals surface area contributed by atoms with Crippen molar-refractivity contribution in [3.05, 3.63) is 85.1 Å². The van der Waals surface area contributed by atoms with Crippen molar-refractivity contribution >= 4 is 17.9 Å². The van der Waals surface area contributed by atoms with Gasteiger partial charge in [-0.15, -0.1) is 0 Å². The first kappa shape index (κ1) is 52.6. The summed E-state index contributed by atoms with van der Waals surface area (Å²) in [6.45, 7) is 6.35. The average Bonchev–Trinajstić information content (AvgIpc) is 3.19. The summed E-state index contributed by atoms with van der Waals surface area (Å²) in [6, 6.07) is 0. The molecule has 0 spiro atoms. The Balaban J connectivity index is 4.50. The molecule has 0 saturated carbocycles. The van der Waals surface area contributed by atoms with Crippen LogP contribution in [0.5, 0.6) is 0 Å². The molecule has 6 heteroatoms. The first-order valence-corrected chi connectivity index (χ1v) is 22.6. The van der Waals surface area contributed by atoms with E-state index in [-0.39, 0.29) is 37.5 Å². The molecule has 56 heavy (non-hydrogen) atoms. The molecule has 0 aliphatic carbocycles. The second-order valence-electron chi connectivity index (χ2n) is 14.6. The Morgan fingerprint density at radius 1 is 0.375 bits per heavy atom. The lowest BCUT2D eigenvalue weighted by Crippen LogP contribution is -2.30. The van der Waals surface area contributed by atoms with Crippen molar-refractivity contribution in [2.24, 2.45) is 0 Å². The van der Waals surface area contributed by atoms with Crippen LogP contribution in [0.25, 0.3) is 0 Å². The number of hydrogen-bond donors (Lipinski definition) is 0. The summed E-state index contributed by atoms with van der Waals surface area (Å²) < 4.78 is 16.6. The van der Waals surface area contributed by atoms with Gasteiger partial charge in [-0.2, -0.15) is 0 Å². The van der Waals surface area contributed by atoms with Crippen molar-refractivity contribution in [1.82, 2.24) is 0 Å². The van der Waals surface area contributed by atoms with Gasteiger partial charge in [0, 0.05) is 19.3 Å². The SMILES string of the molecule is CC/C=C\C/C=C\CCCCCCCC(=O)OC(COC(=O)CCC/C=C\C/C=C\C/C=C\C/C=C\CCCCC)COC(=O)CCC/C=C\CCCCCC. The van der Waals surface area contributed by atoms with Gasteiger partial charge in [0.2, 0.25) is 0 Å². The lowest BCUT2D eigenvalue weighted by atomic mass is 10.1. The molecule has 1 atom stereocenters. The van der Waals surface area contributed by atoms with Gasteiger partial charge in [-0.1, -0.05) is 157 Å². The predicted octanol–water partition coefficient (Wildman–Crippen LogP) is 14.5. The van der Waals surface area contributed by atoms with E-state index in [2.05, 4.69) is 106 Å². The van der Waals surface area contributed by atoms with Crippen LogP contribution in [0.15, 0.2) is 85.1 Å². The molecule has 0 amide bonds. The Morgan fingerprint density at radius 3 is 1.20 bits per heavy atom. The zero-order valence-electron chi connectivity index (χ0n) is 36.1. The molecule has 0 rings (SSSR count). The Bertz CT molecular complexity index is 1120. The summed E-state index contributed by atoms with van der Waals surface area (Å²) in [5, 5.41) is 0. The number of esters is 3. The minimum atomic E-state index is -0.814. The van der Waals surface area contributed by atoms with Crippen molar-refractivity contribution < 1.29 is 28.6 Å². The normalized spacial score (nSPS) is 12.8. The van der Waals surface area contributed by atoms with Gasteiger partial charge in [-0.25, -0.2) is 0 Å². The van der Waals surface area contributed by atoms with Crippen molar-refractivity contribution in [3.63, 3.8) is 0 Å². The van der Waals surface area contributed by atoms with E-state index >= 15 is 0 Å². The predicted molar refractivity (Wildman–Crippen MR) is 237 cm³/mol. The monoisotopic (exact) mass is 779 g/mol. The molecular formula is C50H82O6. The van der Waals surface area contributed by atoms with Crippen molar-refractivity contribution in [2.75, 3.05) is 13.2 Å². The number of unbranched alkanes of at least 4 members (excludes halogenated alkanes) is 14. The Hall–Kier alpha value is -3.41. The number of allylic oxidation sites excluding steroid dienone is 14. The Kier molecular flexibility index (Phi) is 41.6. The topological polar surface area (TPSA) is 78.9 Å². The van der Waals surface area contributed by atoms with Gasteiger partial charge >= 0.3 is 17.9 Å². The molecule has 0 fully saturated rings. The third-order valence-corrected chi connectivity index (χ3v) is 9.10. The summed E-state index contributed by atoms with van der Waals surface area (Å²) in [7, 11) is 0. The van der Waals surface area contributed by atoms with Gasteiger partial charge in [-0.05, 0) is 103 Å². The summed E-state index contributed by atoms with van der Waals surface area (Å²) in [5.41, 5.74) is 0. The molecule has 318 valence electrons. The van der Waals surface area contributed by atoms with Crippen molar-refractivity contribution in [1.29, 1.82) is 0 Å². The maximum Gasteiger partial charge on any atom is 0.306 e. The molecule has 0 aromatic carbocycles. The van der Waals surface area contributed by atoms with Crippen molar-refractivity contribution in [3.8, 4) is 0 Å². The molecule has 1 unspecified atom stereocenters. The zero-order valence-corrected chi connectivity index (χ0v) is 36.1. The van der Waals surface area contributed by atoms with E-state index in [0.717, 1.165) is 89.9 Å². The van der Waals surface area contributed by atoms with Crippen LogP contribution in [-0.4, -0.2) is 37.2 Å². The van der Waals surface area contributed by atoms with Crippen LogP contribution in [0, 0.1) is 0 Å². The van der Waals surface area contributed by atoms with Gasteiger partial charge in [0.15, 0.2) is 6.10 Å². The van der Waals surface area contributed by atoms with Crippen LogP contribution < -0.4 is 0 Å². The minimum absolute atomic E-state index is 0.116. The smallest absolute Gasteiger partial charge is 0.306 e. The number of hydrogen-bond acceptors (Lipinski definition) is 6. The fourth-order valence-corrected chi connectivity index (χ4v) is 5.71. The van der Waals surface area contributed by atoms with Crippen LogP contribution in [0.2, 0.25) is 0 Å². The number of ether oxygens (including phenoxy) is 3. The average molecular weight is 779 g/mol. The third-order valence-electron chi connectivity index (χ3n) is 9.10. The Labute approximate surface area is 344 Å². The zero-order chi connectivity index (χ0) is 40.8. The number of rotatable bonds is 39. The van der Waals surface area contributed by atoms with Crippen LogP contribution >= 0.6 is 0 Å². The summed E-state index contributed by atoms with van der Waals surface area (Å²) in [6.07, 6.45) is 55.8. The largest absolute Gasteiger partial charge is 0.462 e. The highest BCUT2D eigenvalue weighted by molar-refractivity contribution is 5.71. The molecule has 0 heterocycles. The number of carbonyl (C=O) groups is 3. The maximum atomic E-state index is 12.7. The van der Waals surface area contributed by atoms with Crippen LogP contribution in [0.4, 0.5) is 0 Å². The molecule has 0 aromatic heterocycles. The van der Waals surface area contributed by atoms with Crippen molar-refractivity contribution in [2.45, 2.75) is 200 Å². The fourth-order valence-electron chi connectivity index (χ4n) is 5.71. The van der Waals surface area contributed by atoms with Crippen LogP contribution in [0.1, 0.15) is 194 Å². The quantitative estimate of drug-likeness (QED) is 0.0268. The summed E-state index contributed by atoms with van der Waals surface area (Å²) in [4.78, 5) is 37.6. The van der Waals surface area contributed by atoms with E-state index in [0.29, 0.717) is 25.7 Å². The second kappa shape index (κ2) is 44.3. The van der Waals surface area contributed by atoms with Gasteiger partial charge < -0.3 is 14.2 Å². The highest BCUT2D eigenvalue weighted by atomic mass is 16.6. The van der Waals surface area contributed by atoms with Gasteiger partial charge in [-0.3, -0.25) is 14.4 Å². The molecule has 0 aliphatic rings. The molecule has 6 nitrogen and oxygen atoms in total. The standard InChI is InChI=1S/C50H82O6/c1-4-7-10-13-16-19-21-23-24-25-26-27-29-31-34-37-40-43-49(52)55-46-47(45-54-48(51)42-39-36-33-30-18-15-12-9-6-3)56-50(53)44-41-38-35-32-28-22-20-17-14-11-8-5-2/h8,11,16-17,19-20,23-24,26-27,30-31,33-34,47H,4-7,9-10,12-15,18,21-22,25,28-29,32,35-46H2,1-3H3/b11-8-,19-16-,20-17-,24-23-,27-26-,33-30-,34-31-. The van der Waals surface area contributed by atoms with Crippen LogP contribution in [0.3, 0.4) is 0 Å². The lowest BCUT2D eigenvalue weighted by Gasteiger charge is -2.18. The minimum Gasteiger partial charge on any atom is -0.462 e. The van der Waals surface area contributed by atoms with E-state index in [1.54, 1.807) is 0 Å². The molecule has 0 aliphatic heterocycles. The van der Waals surface area contributed by atoms with Gasteiger partial charge in [0.25, 0.3) is 0 Å². The van der Waals surface area contributed by atoms with E-state index in [1.165, 1.54) is 51.4 Å². The highest BCUT2D eigenvalue weighted by Crippen LogP contribution is 2.11. The molecular weight excluding hydrogens is 697 g/mol. The van der Waals surface area contributed by atoms with E-state index in [1.807, 2.05) is 0 Å². The number of carbonyl (C=O) groups excluding carboxylic acids is 3. The lowest BCUT2D eigenvalue weighted by molar-refractivity contribution is -0.167. The highest BCUT2D eigenvalue weighted by Gasteiger charge is 2.19. The molecule has 0 N–H and O–H groups in total. The first-order chi connectivity index (χ1) is 27.5. The summed E-state index contributed by atoms with van der Waals surface area (Å²) >= 11 is 0. The van der Waals surface area contributed by atoms with Gasteiger partial charge in [0.05, 0.1) is 0 Å². The molecule has 0 aromatic rings. The molecule has 0 bridgehead atoms. The van der Waals surface area contributed by atoms with E-state index < -0.39 is 6.10 Å². The second-order valence-corrected chi connectivity index (χ2v) is 14.6. The van der Waals surface area contributed by atoms with E-state index in [4.69, 9.17) is 14.2 Å². The van der Waals surface area contributed by atoms with Crippen LogP contribution in [-0.2, 0) is 28.6 Å². The van der Waals surface area contributed by atoms with E-state index in [9.17, 15) is 14.4 Å². The molecule has 0 saturated heterocycles. The first-order valence-electron chi connectivity index (χ1n) is 22.6. The molecule has 0 radical (unpaired) electrons.